The maximum atomic E-state index is 14.9. The first-order valence-corrected chi connectivity index (χ1v) is 11.0. The summed E-state index contributed by atoms with van der Waals surface area (Å²) in [6, 6.07) is 20.1. The summed E-state index contributed by atoms with van der Waals surface area (Å²) in [6.07, 6.45) is 0.457. The largest absolute Gasteiger partial charge is 0.353 e. The van der Waals surface area contributed by atoms with Crippen LogP contribution < -0.4 is 10.6 Å². The third-order valence-electron chi connectivity index (χ3n) is 6.41. The molecule has 5 nitrogen and oxygen atoms in total. The first kappa shape index (κ1) is 21.1. The summed E-state index contributed by atoms with van der Waals surface area (Å²) in [5.41, 5.74) is 2.83. The Morgan fingerprint density at radius 3 is 2.30 bits per heavy atom. The summed E-state index contributed by atoms with van der Waals surface area (Å²) in [7, 11) is 0. The Hall–Kier alpha value is -3.74. The van der Waals surface area contributed by atoms with Gasteiger partial charge in [-0.3, -0.25) is 9.59 Å². The molecule has 7 heteroatoms. The lowest BCUT2D eigenvalue weighted by Crippen LogP contribution is -2.42. The van der Waals surface area contributed by atoms with Gasteiger partial charge in [-0.05, 0) is 43.2 Å². The minimum atomic E-state index is -2.93. The van der Waals surface area contributed by atoms with Gasteiger partial charge in [-0.2, -0.15) is 0 Å². The van der Waals surface area contributed by atoms with Crippen LogP contribution >= 0.6 is 0 Å². The van der Waals surface area contributed by atoms with Crippen LogP contribution in [0.15, 0.2) is 72.8 Å². The normalized spacial score (nSPS) is 16.2. The van der Waals surface area contributed by atoms with Crippen molar-refractivity contribution >= 4 is 28.9 Å². The Morgan fingerprint density at radius 2 is 1.55 bits per heavy atom. The van der Waals surface area contributed by atoms with Crippen LogP contribution in [0.4, 0.5) is 25.8 Å². The predicted octanol–water partition coefficient (Wildman–Crippen LogP) is 5.64. The number of fused-ring (bicyclic) bond motifs is 2. The lowest BCUT2D eigenvalue weighted by atomic mass is 9.86. The van der Waals surface area contributed by atoms with Crippen molar-refractivity contribution in [3.05, 3.63) is 89.5 Å². The highest BCUT2D eigenvalue weighted by molar-refractivity contribution is 6.12. The molecule has 2 heterocycles. The number of benzene rings is 3. The Kier molecular flexibility index (Phi) is 5.32. The number of hydrogen-bond donors (Lipinski definition) is 2. The van der Waals surface area contributed by atoms with E-state index in [4.69, 9.17) is 0 Å². The average Bonchev–Trinajstić information content (AvgIpc) is 2.99. The number of rotatable bonds is 3. The molecule has 3 aromatic rings. The number of anilines is 3. The third kappa shape index (κ3) is 3.95. The van der Waals surface area contributed by atoms with Crippen molar-refractivity contribution in [2.45, 2.75) is 18.8 Å². The zero-order valence-electron chi connectivity index (χ0n) is 17.9. The minimum absolute atomic E-state index is 0.0183. The highest BCUT2D eigenvalue weighted by Crippen LogP contribution is 2.41. The maximum absolute atomic E-state index is 14.9. The molecule has 3 aromatic carbocycles. The van der Waals surface area contributed by atoms with E-state index in [-0.39, 0.29) is 43.3 Å². The number of halogens is 2. The fraction of sp³-hybridized carbons (Fsp3) is 0.231. The highest BCUT2D eigenvalue weighted by atomic mass is 19.3. The molecule has 1 fully saturated rings. The number of piperidine rings is 1. The molecule has 5 rings (SSSR count). The van der Waals surface area contributed by atoms with Gasteiger partial charge in [0.25, 0.3) is 17.7 Å². The predicted molar refractivity (Wildman–Crippen MR) is 123 cm³/mol. The van der Waals surface area contributed by atoms with Crippen LogP contribution in [0.2, 0.25) is 0 Å². The second-order valence-corrected chi connectivity index (χ2v) is 8.44. The van der Waals surface area contributed by atoms with Gasteiger partial charge in [-0.25, -0.2) is 8.78 Å². The zero-order valence-corrected chi connectivity index (χ0v) is 17.9. The van der Waals surface area contributed by atoms with E-state index >= 15 is 0 Å². The number of nitrogens with one attached hydrogen (secondary N) is 2. The number of nitrogens with zero attached hydrogens (tertiary/aromatic N) is 1. The number of likely N-dealkylation sites (tertiary alicyclic amines) is 1. The van der Waals surface area contributed by atoms with E-state index in [2.05, 4.69) is 10.6 Å². The molecule has 0 aliphatic carbocycles. The lowest BCUT2D eigenvalue weighted by Gasteiger charge is -2.36. The van der Waals surface area contributed by atoms with E-state index in [9.17, 15) is 18.4 Å². The van der Waals surface area contributed by atoms with Crippen LogP contribution in [-0.4, -0.2) is 29.8 Å². The van der Waals surface area contributed by atoms with Crippen molar-refractivity contribution in [2.75, 3.05) is 23.7 Å². The van der Waals surface area contributed by atoms with E-state index < -0.39 is 11.8 Å². The van der Waals surface area contributed by atoms with Gasteiger partial charge in [0.05, 0.1) is 22.6 Å². The molecule has 2 amide bonds. The molecule has 0 saturated carbocycles. The van der Waals surface area contributed by atoms with Crippen LogP contribution in [0.25, 0.3) is 0 Å². The van der Waals surface area contributed by atoms with Gasteiger partial charge >= 0.3 is 0 Å². The highest BCUT2D eigenvalue weighted by Gasteiger charge is 2.43. The van der Waals surface area contributed by atoms with Gasteiger partial charge in [0, 0.05) is 30.1 Å². The average molecular weight is 447 g/mol. The minimum Gasteiger partial charge on any atom is -0.353 e. The third-order valence-corrected chi connectivity index (χ3v) is 6.41. The number of alkyl halides is 2. The Morgan fingerprint density at radius 1 is 0.848 bits per heavy atom. The molecule has 0 atom stereocenters. The molecule has 0 bridgehead atoms. The van der Waals surface area contributed by atoms with Gasteiger partial charge in [-0.1, -0.05) is 42.5 Å². The van der Waals surface area contributed by atoms with Crippen molar-refractivity contribution < 1.29 is 18.4 Å². The molecule has 168 valence electrons. The van der Waals surface area contributed by atoms with E-state index in [0.29, 0.717) is 28.2 Å². The zero-order chi connectivity index (χ0) is 23.0. The Bertz CT molecular complexity index is 1210. The number of hydrogen-bond acceptors (Lipinski definition) is 3. The Balaban J connectivity index is 1.30. The monoisotopic (exact) mass is 447 g/mol. The van der Waals surface area contributed by atoms with E-state index in [1.54, 1.807) is 53.4 Å². The number of para-hydroxylation sites is 1. The quantitative estimate of drug-likeness (QED) is 0.546. The molecular formula is C26H23F2N3O2. The molecular weight excluding hydrogens is 424 g/mol. The summed E-state index contributed by atoms with van der Waals surface area (Å²) < 4.78 is 29.8. The lowest BCUT2D eigenvalue weighted by molar-refractivity contribution is -0.0831. The smallest absolute Gasteiger partial charge is 0.276 e. The molecule has 33 heavy (non-hydrogen) atoms. The molecule has 0 spiro atoms. The molecule has 2 N–H and O–H groups in total. The van der Waals surface area contributed by atoms with Crippen molar-refractivity contribution in [3.8, 4) is 0 Å². The first-order chi connectivity index (χ1) is 15.9. The number of carbonyl (C=O) groups is 2. The van der Waals surface area contributed by atoms with Gasteiger partial charge in [0.15, 0.2) is 0 Å². The van der Waals surface area contributed by atoms with E-state index in [0.717, 1.165) is 0 Å². The van der Waals surface area contributed by atoms with Crippen LogP contribution in [0.5, 0.6) is 0 Å². The Labute approximate surface area is 190 Å². The molecule has 2 aliphatic rings. The molecule has 0 unspecified atom stereocenters. The summed E-state index contributed by atoms with van der Waals surface area (Å²) in [5, 5.41) is 6.08. The summed E-state index contributed by atoms with van der Waals surface area (Å²) in [5.74, 6) is -4.22. The summed E-state index contributed by atoms with van der Waals surface area (Å²) >= 11 is 0. The van der Waals surface area contributed by atoms with Gasteiger partial charge in [0.2, 0.25) is 0 Å². The van der Waals surface area contributed by atoms with Crippen molar-refractivity contribution in [3.63, 3.8) is 0 Å². The molecule has 1 saturated heterocycles. The number of amides is 2. The fourth-order valence-electron chi connectivity index (χ4n) is 4.54. The van der Waals surface area contributed by atoms with E-state index in [1.807, 2.05) is 12.1 Å². The summed E-state index contributed by atoms with van der Waals surface area (Å²) in [6.45, 7) is 0.526. The van der Waals surface area contributed by atoms with Gasteiger partial charge < -0.3 is 15.5 Å². The van der Waals surface area contributed by atoms with Crippen molar-refractivity contribution in [1.82, 2.24) is 4.90 Å². The standard InChI is InChI=1S/C26H23F2N3O2/c27-26(28,18-6-2-1-3-7-18)19-12-14-31(15-13-19)25(33)17-10-11-22-23(16-17)30-24(32)20-8-4-5-9-21(20)29-22/h1-11,16,19,29H,12-15H2,(H,30,32). The SMILES string of the molecule is O=C1Nc2cc(C(=O)N3CCC(C(F)(F)c4ccccc4)CC3)ccc2Nc2ccccc21. The van der Waals surface area contributed by atoms with Crippen molar-refractivity contribution in [1.29, 1.82) is 0 Å². The molecule has 0 radical (unpaired) electrons. The first-order valence-electron chi connectivity index (χ1n) is 11.0. The van der Waals surface area contributed by atoms with Gasteiger partial charge in [-0.15, -0.1) is 0 Å². The number of carbonyl (C=O) groups excluding carboxylic acids is 2. The van der Waals surface area contributed by atoms with Crippen LogP contribution in [-0.2, 0) is 5.92 Å². The second-order valence-electron chi connectivity index (χ2n) is 8.44. The summed E-state index contributed by atoms with van der Waals surface area (Å²) in [4.78, 5) is 27.3. The molecule has 2 aliphatic heterocycles. The van der Waals surface area contributed by atoms with Crippen molar-refractivity contribution in [2.24, 2.45) is 5.92 Å². The van der Waals surface area contributed by atoms with Crippen LogP contribution in [0, 0.1) is 5.92 Å². The van der Waals surface area contributed by atoms with E-state index in [1.165, 1.54) is 12.1 Å². The van der Waals surface area contributed by atoms with Gasteiger partial charge in [0.1, 0.15) is 0 Å². The topological polar surface area (TPSA) is 61.4 Å². The molecule has 0 aromatic heterocycles. The maximum Gasteiger partial charge on any atom is 0.276 e. The van der Waals surface area contributed by atoms with Crippen LogP contribution in [0.1, 0.15) is 39.1 Å². The fourth-order valence-corrected chi connectivity index (χ4v) is 4.54. The van der Waals surface area contributed by atoms with Crippen LogP contribution in [0.3, 0.4) is 0 Å². The second kappa shape index (κ2) is 8.31.